The summed E-state index contributed by atoms with van der Waals surface area (Å²) in [5.74, 6) is 2.43. The number of hydrogen-bond acceptors (Lipinski definition) is 8. The van der Waals surface area contributed by atoms with Gasteiger partial charge < -0.3 is 25.0 Å². The zero-order valence-corrected chi connectivity index (χ0v) is 18.6. The molecule has 6 heterocycles. The molecule has 0 radical (unpaired) electrons. The molecule has 2 atom stereocenters. The van der Waals surface area contributed by atoms with Crippen molar-refractivity contribution in [2.45, 2.75) is 42.6 Å². The standard InChI is InChI=1S/C23H27N5O3S/c29-21-3-1-15-2-4-22(30)28-18(13-27(21)23(15)28)12-26-7-5-16(6-8-26)24-10-17-9-20-19(11-25-17)31-14-32-20/h1-4,9,11,16,18,21,24,29H,5-8,10,12-14H2. The Labute approximate surface area is 190 Å². The van der Waals surface area contributed by atoms with E-state index in [0.717, 1.165) is 61.8 Å². The topological polar surface area (TPSA) is 82.9 Å². The predicted molar refractivity (Wildman–Crippen MR) is 124 cm³/mol. The van der Waals surface area contributed by atoms with E-state index in [4.69, 9.17) is 4.74 Å². The van der Waals surface area contributed by atoms with Crippen LogP contribution in [0.2, 0.25) is 0 Å². The monoisotopic (exact) mass is 453 g/mol. The van der Waals surface area contributed by atoms with Crippen LogP contribution in [0.4, 0.5) is 5.82 Å². The van der Waals surface area contributed by atoms with Crippen LogP contribution >= 0.6 is 11.8 Å². The second kappa shape index (κ2) is 8.22. The minimum absolute atomic E-state index is 0.0145. The van der Waals surface area contributed by atoms with Crippen LogP contribution < -0.4 is 20.5 Å². The molecule has 4 aliphatic heterocycles. The van der Waals surface area contributed by atoms with Crippen LogP contribution in [0.15, 0.2) is 40.2 Å². The fourth-order valence-electron chi connectivity index (χ4n) is 5.21. The first kappa shape index (κ1) is 20.3. The van der Waals surface area contributed by atoms with Crippen molar-refractivity contribution in [3.8, 4) is 5.75 Å². The Morgan fingerprint density at radius 3 is 3.03 bits per heavy atom. The van der Waals surface area contributed by atoms with Gasteiger partial charge in [-0.05, 0) is 44.1 Å². The molecule has 0 spiro atoms. The van der Waals surface area contributed by atoms with E-state index in [9.17, 15) is 9.90 Å². The third-order valence-electron chi connectivity index (χ3n) is 6.89. The molecule has 2 N–H and O–H groups in total. The fourth-order valence-corrected chi connectivity index (χ4v) is 6.00. The Hall–Kier alpha value is -2.33. The van der Waals surface area contributed by atoms with Crippen LogP contribution in [0.25, 0.3) is 6.08 Å². The van der Waals surface area contributed by atoms with Gasteiger partial charge in [0.05, 0.1) is 22.8 Å². The molecule has 2 aromatic rings. The van der Waals surface area contributed by atoms with E-state index in [1.54, 1.807) is 23.9 Å². The Morgan fingerprint density at radius 1 is 1.28 bits per heavy atom. The average molecular weight is 454 g/mol. The first-order valence-corrected chi connectivity index (χ1v) is 12.2. The number of pyridine rings is 2. The lowest BCUT2D eigenvalue weighted by atomic mass is 10.0. The molecule has 0 aliphatic carbocycles. The Bertz CT molecular complexity index is 1110. The maximum Gasteiger partial charge on any atom is 0.252 e. The molecule has 0 bridgehead atoms. The van der Waals surface area contributed by atoms with E-state index in [1.807, 2.05) is 27.8 Å². The number of piperidine rings is 1. The van der Waals surface area contributed by atoms with Crippen molar-refractivity contribution < 1.29 is 9.84 Å². The van der Waals surface area contributed by atoms with Crippen molar-refractivity contribution >= 4 is 23.7 Å². The lowest BCUT2D eigenvalue weighted by Crippen LogP contribution is -2.45. The number of likely N-dealkylation sites (tertiary alicyclic amines) is 1. The lowest BCUT2D eigenvalue weighted by molar-refractivity contribution is 0.172. The Morgan fingerprint density at radius 2 is 2.16 bits per heavy atom. The summed E-state index contributed by atoms with van der Waals surface area (Å²) in [5, 5.41) is 14.1. The number of anilines is 1. The van der Waals surface area contributed by atoms with Gasteiger partial charge in [0.25, 0.3) is 5.56 Å². The summed E-state index contributed by atoms with van der Waals surface area (Å²) in [5.41, 5.74) is 2.07. The van der Waals surface area contributed by atoms with Gasteiger partial charge in [-0.15, -0.1) is 0 Å². The van der Waals surface area contributed by atoms with Crippen LogP contribution in [0.1, 0.15) is 30.1 Å². The number of aliphatic hydroxyl groups is 1. The molecule has 0 saturated carbocycles. The van der Waals surface area contributed by atoms with Gasteiger partial charge in [0.2, 0.25) is 0 Å². The van der Waals surface area contributed by atoms with E-state index < -0.39 is 6.23 Å². The quantitative estimate of drug-likeness (QED) is 0.707. The highest BCUT2D eigenvalue weighted by atomic mass is 32.2. The van der Waals surface area contributed by atoms with E-state index in [2.05, 4.69) is 21.3 Å². The molecule has 8 nitrogen and oxygen atoms in total. The lowest BCUT2D eigenvalue weighted by Gasteiger charge is -2.34. The van der Waals surface area contributed by atoms with Crippen LogP contribution in [-0.4, -0.2) is 63.9 Å². The third kappa shape index (κ3) is 3.63. The summed E-state index contributed by atoms with van der Waals surface area (Å²) in [7, 11) is 0. The molecule has 2 aromatic heterocycles. The highest BCUT2D eigenvalue weighted by Gasteiger charge is 2.36. The Kier molecular flexibility index (Phi) is 5.21. The molecular weight excluding hydrogens is 426 g/mol. The first-order chi connectivity index (χ1) is 15.7. The van der Waals surface area contributed by atoms with Crippen molar-refractivity contribution in [2.75, 3.05) is 37.0 Å². The minimum Gasteiger partial charge on any atom is -0.480 e. The second-order valence-corrected chi connectivity index (χ2v) is 9.85. The number of nitrogens with zero attached hydrogens (tertiary/aromatic N) is 4. The van der Waals surface area contributed by atoms with E-state index in [1.165, 1.54) is 4.90 Å². The van der Waals surface area contributed by atoms with Crippen molar-refractivity contribution in [3.63, 3.8) is 0 Å². The number of aliphatic hydroxyl groups excluding tert-OH is 1. The zero-order valence-electron chi connectivity index (χ0n) is 17.8. The van der Waals surface area contributed by atoms with Gasteiger partial charge in [-0.1, -0.05) is 17.8 Å². The summed E-state index contributed by atoms with van der Waals surface area (Å²) < 4.78 is 7.39. The maximum absolute atomic E-state index is 12.6. The molecule has 1 saturated heterocycles. The van der Waals surface area contributed by atoms with Crippen molar-refractivity contribution in [2.24, 2.45) is 0 Å². The molecular formula is C23H27N5O3S. The van der Waals surface area contributed by atoms with E-state index >= 15 is 0 Å². The smallest absolute Gasteiger partial charge is 0.252 e. The minimum atomic E-state index is -0.659. The molecule has 4 aliphatic rings. The number of hydrogen-bond donors (Lipinski definition) is 2. The average Bonchev–Trinajstić information content (AvgIpc) is 3.43. The molecule has 0 amide bonds. The fraction of sp³-hybridized carbons (Fsp3) is 0.478. The summed E-state index contributed by atoms with van der Waals surface area (Å²) in [6.45, 7) is 4.27. The number of fused-ring (bicyclic) bond motifs is 1. The van der Waals surface area contributed by atoms with Gasteiger partial charge in [-0.2, -0.15) is 0 Å². The zero-order chi connectivity index (χ0) is 21.7. The molecule has 1 fully saturated rings. The third-order valence-corrected chi connectivity index (χ3v) is 7.75. The van der Waals surface area contributed by atoms with E-state index in [-0.39, 0.29) is 11.6 Å². The van der Waals surface area contributed by atoms with Gasteiger partial charge in [-0.3, -0.25) is 14.3 Å². The highest BCUT2D eigenvalue weighted by molar-refractivity contribution is 7.99. The SMILES string of the molecule is O=c1ccc2c3n1C(CN1CCC(NCc4cc5c(cn4)OCS5)CC1)CN3C(O)C=C2. The van der Waals surface area contributed by atoms with Gasteiger partial charge in [0.15, 0.2) is 5.75 Å². The van der Waals surface area contributed by atoms with Crippen molar-refractivity contribution in [3.05, 3.63) is 52.1 Å². The number of aromatic nitrogens is 2. The normalized spacial score (nSPS) is 24.5. The van der Waals surface area contributed by atoms with Crippen LogP contribution in [0, 0.1) is 0 Å². The summed E-state index contributed by atoms with van der Waals surface area (Å²) in [4.78, 5) is 22.7. The largest absolute Gasteiger partial charge is 0.480 e. The van der Waals surface area contributed by atoms with E-state index in [0.29, 0.717) is 18.5 Å². The summed E-state index contributed by atoms with van der Waals surface area (Å²) in [6.07, 6.45) is 7.02. The molecule has 0 aromatic carbocycles. The number of rotatable bonds is 5. The summed E-state index contributed by atoms with van der Waals surface area (Å²) in [6, 6.07) is 6.16. The number of thioether (sulfide) groups is 1. The maximum atomic E-state index is 12.6. The highest BCUT2D eigenvalue weighted by Crippen LogP contribution is 2.37. The first-order valence-electron chi connectivity index (χ1n) is 11.2. The predicted octanol–water partition coefficient (Wildman–Crippen LogP) is 1.65. The molecule has 6 rings (SSSR count). The van der Waals surface area contributed by atoms with Crippen molar-refractivity contribution in [1.29, 1.82) is 0 Å². The molecule has 32 heavy (non-hydrogen) atoms. The van der Waals surface area contributed by atoms with Gasteiger partial charge in [0, 0.05) is 37.3 Å². The van der Waals surface area contributed by atoms with Gasteiger partial charge in [-0.25, -0.2) is 0 Å². The second-order valence-electron chi connectivity index (χ2n) is 8.88. The molecule has 168 valence electrons. The van der Waals surface area contributed by atoms with Crippen LogP contribution in [0.5, 0.6) is 5.75 Å². The molecule has 9 heteroatoms. The number of ether oxygens (including phenoxy) is 1. The van der Waals surface area contributed by atoms with Crippen LogP contribution in [-0.2, 0) is 6.54 Å². The number of nitrogens with one attached hydrogen (secondary N) is 1. The van der Waals surface area contributed by atoms with Gasteiger partial charge in [0.1, 0.15) is 18.0 Å². The Balaban J connectivity index is 1.05. The molecule has 2 unspecified atom stereocenters. The van der Waals surface area contributed by atoms with Crippen molar-refractivity contribution in [1.82, 2.24) is 19.8 Å². The van der Waals surface area contributed by atoms with Crippen LogP contribution in [0.3, 0.4) is 0 Å². The van der Waals surface area contributed by atoms with Gasteiger partial charge >= 0.3 is 0 Å². The summed E-state index contributed by atoms with van der Waals surface area (Å²) >= 11 is 1.72.